The van der Waals surface area contributed by atoms with Gasteiger partial charge in [0.15, 0.2) is 0 Å². The van der Waals surface area contributed by atoms with Gasteiger partial charge in [-0.3, -0.25) is 9.69 Å². The molecule has 1 aromatic carbocycles. The van der Waals surface area contributed by atoms with Crippen molar-refractivity contribution >= 4 is 32.7 Å². The van der Waals surface area contributed by atoms with Crippen LogP contribution in [0.4, 0.5) is 5.82 Å². The fourth-order valence-corrected chi connectivity index (χ4v) is 3.51. The number of amides is 1. The summed E-state index contributed by atoms with van der Waals surface area (Å²) < 4.78 is 22.3. The fourth-order valence-electron chi connectivity index (χ4n) is 2.63. The van der Waals surface area contributed by atoms with Crippen LogP contribution < -0.4 is 10.0 Å². The number of sulfonamides is 1. The minimum absolute atomic E-state index is 0.146. The van der Waals surface area contributed by atoms with Crippen LogP contribution in [0.2, 0.25) is 0 Å². The highest BCUT2D eigenvalue weighted by Crippen LogP contribution is 2.29. The van der Waals surface area contributed by atoms with Gasteiger partial charge in [-0.1, -0.05) is 12.1 Å². The van der Waals surface area contributed by atoms with E-state index in [2.05, 4.69) is 9.97 Å². The van der Waals surface area contributed by atoms with E-state index in [-0.39, 0.29) is 24.0 Å². The van der Waals surface area contributed by atoms with Crippen molar-refractivity contribution < 1.29 is 13.2 Å². The van der Waals surface area contributed by atoms with Gasteiger partial charge in [0.05, 0.1) is 11.3 Å². The number of nitrogens with two attached hydrogens (primary N) is 1. The number of para-hydroxylation sites is 1. The van der Waals surface area contributed by atoms with Crippen LogP contribution >= 0.6 is 0 Å². The molecule has 0 aliphatic carbocycles. The molecule has 0 spiro atoms. The topological polar surface area (TPSA) is 106 Å². The molecule has 0 saturated carbocycles. The first-order chi connectivity index (χ1) is 9.94. The van der Waals surface area contributed by atoms with E-state index in [1.807, 2.05) is 24.3 Å². The Hall–Kier alpha value is -2.06. The van der Waals surface area contributed by atoms with Gasteiger partial charge in [-0.2, -0.15) is 0 Å². The summed E-state index contributed by atoms with van der Waals surface area (Å²) in [6, 6.07) is 7.38. The van der Waals surface area contributed by atoms with Crippen LogP contribution in [0, 0.1) is 5.92 Å². The second-order valence-corrected chi connectivity index (χ2v) is 6.78. The maximum atomic E-state index is 12.1. The lowest BCUT2D eigenvalue weighted by Crippen LogP contribution is -2.28. The molecule has 2 heterocycles. The van der Waals surface area contributed by atoms with Crippen molar-refractivity contribution in [1.82, 2.24) is 9.97 Å². The molecule has 21 heavy (non-hydrogen) atoms. The molecule has 1 aliphatic heterocycles. The van der Waals surface area contributed by atoms with Crippen molar-refractivity contribution in [2.45, 2.75) is 6.42 Å². The molecule has 2 aromatic rings. The lowest BCUT2D eigenvalue weighted by molar-refractivity contribution is -0.117. The number of nitrogens with zero attached hydrogens (tertiary/aromatic N) is 3. The average molecular weight is 306 g/mol. The summed E-state index contributed by atoms with van der Waals surface area (Å²) in [4.78, 5) is 22.0. The summed E-state index contributed by atoms with van der Waals surface area (Å²) >= 11 is 0. The quantitative estimate of drug-likeness (QED) is 0.876. The summed E-state index contributed by atoms with van der Waals surface area (Å²) in [5.41, 5.74) is 0.741. The summed E-state index contributed by atoms with van der Waals surface area (Å²) in [5.74, 6) is -0.130. The first-order valence-corrected chi connectivity index (χ1v) is 8.16. The lowest BCUT2D eigenvalue weighted by atomic mass is 10.1. The van der Waals surface area contributed by atoms with Crippen molar-refractivity contribution in [1.29, 1.82) is 0 Å². The molecule has 1 amide bonds. The lowest BCUT2D eigenvalue weighted by Gasteiger charge is -2.17. The van der Waals surface area contributed by atoms with Crippen molar-refractivity contribution in [3.63, 3.8) is 0 Å². The van der Waals surface area contributed by atoms with Crippen LogP contribution in [0.25, 0.3) is 10.9 Å². The molecule has 0 bridgehead atoms. The Labute approximate surface area is 121 Å². The Morgan fingerprint density at radius 2 is 2.05 bits per heavy atom. The Balaban J connectivity index is 1.95. The van der Waals surface area contributed by atoms with Crippen LogP contribution in [-0.4, -0.2) is 36.6 Å². The SMILES string of the molecule is NS(=O)(=O)CC1CC(=O)N(c2ncnc3ccccc23)C1. The Morgan fingerprint density at radius 1 is 1.29 bits per heavy atom. The summed E-state index contributed by atoms with van der Waals surface area (Å²) in [6.07, 6.45) is 1.56. The van der Waals surface area contributed by atoms with Crippen LogP contribution in [-0.2, 0) is 14.8 Å². The number of carbonyl (C=O) groups is 1. The first-order valence-electron chi connectivity index (χ1n) is 6.44. The molecule has 0 radical (unpaired) electrons. The van der Waals surface area contributed by atoms with Gasteiger partial charge >= 0.3 is 0 Å². The minimum Gasteiger partial charge on any atom is -0.296 e. The van der Waals surface area contributed by atoms with E-state index < -0.39 is 10.0 Å². The third-order valence-corrected chi connectivity index (χ3v) is 4.39. The van der Waals surface area contributed by atoms with E-state index in [4.69, 9.17) is 5.14 Å². The summed E-state index contributed by atoms with van der Waals surface area (Å²) in [5, 5.41) is 5.82. The molecule has 1 aliphatic rings. The number of primary sulfonamides is 1. The van der Waals surface area contributed by atoms with Gasteiger partial charge in [0.25, 0.3) is 0 Å². The molecule has 1 unspecified atom stereocenters. The first kappa shape index (κ1) is 13.9. The maximum absolute atomic E-state index is 12.1. The van der Waals surface area contributed by atoms with E-state index in [9.17, 15) is 13.2 Å². The van der Waals surface area contributed by atoms with Crippen molar-refractivity contribution in [3.8, 4) is 0 Å². The normalized spacial score (nSPS) is 19.4. The third kappa shape index (κ3) is 2.86. The van der Waals surface area contributed by atoms with Gasteiger partial charge < -0.3 is 0 Å². The van der Waals surface area contributed by atoms with E-state index in [1.54, 1.807) is 0 Å². The Kier molecular flexibility index (Phi) is 3.34. The molecule has 7 nitrogen and oxygen atoms in total. The standard InChI is InChI=1S/C13H14N4O3S/c14-21(19,20)7-9-5-12(18)17(6-9)13-10-3-1-2-4-11(10)15-8-16-13/h1-4,8-9H,5-7H2,(H2,14,19,20). The number of anilines is 1. The zero-order valence-electron chi connectivity index (χ0n) is 11.1. The van der Waals surface area contributed by atoms with Gasteiger partial charge in [-0.05, 0) is 12.1 Å². The smallest absolute Gasteiger partial charge is 0.228 e. The zero-order valence-corrected chi connectivity index (χ0v) is 12.0. The Bertz CT molecular complexity index is 801. The second kappa shape index (κ2) is 5.05. The van der Waals surface area contributed by atoms with E-state index >= 15 is 0 Å². The van der Waals surface area contributed by atoms with Crippen molar-refractivity contribution in [2.75, 3.05) is 17.2 Å². The number of rotatable bonds is 3. The van der Waals surface area contributed by atoms with Crippen LogP contribution in [0.5, 0.6) is 0 Å². The van der Waals surface area contributed by atoms with Gasteiger partial charge in [0.1, 0.15) is 12.1 Å². The van der Waals surface area contributed by atoms with Crippen LogP contribution in [0.3, 0.4) is 0 Å². The molecular formula is C13H14N4O3S. The van der Waals surface area contributed by atoms with E-state index in [0.717, 1.165) is 10.9 Å². The molecule has 110 valence electrons. The summed E-state index contributed by atoms with van der Waals surface area (Å²) in [6.45, 7) is 0.302. The number of aromatic nitrogens is 2. The second-order valence-electron chi connectivity index (χ2n) is 5.12. The molecule has 1 atom stereocenters. The van der Waals surface area contributed by atoms with Crippen LogP contribution in [0.1, 0.15) is 6.42 Å². The van der Waals surface area contributed by atoms with E-state index in [1.165, 1.54) is 11.2 Å². The molecule has 1 fully saturated rings. The minimum atomic E-state index is -3.59. The molecule has 2 N–H and O–H groups in total. The highest BCUT2D eigenvalue weighted by atomic mass is 32.2. The predicted octanol–water partition coefficient (Wildman–Crippen LogP) is 0.271. The van der Waals surface area contributed by atoms with Crippen LogP contribution in [0.15, 0.2) is 30.6 Å². The van der Waals surface area contributed by atoms with Crippen molar-refractivity contribution in [2.24, 2.45) is 11.1 Å². The number of fused-ring (bicyclic) bond motifs is 1. The zero-order chi connectivity index (χ0) is 15.0. The largest absolute Gasteiger partial charge is 0.296 e. The maximum Gasteiger partial charge on any atom is 0.228 e. The number of benzene rings is 1. The Morgan fingerprint density at radius 3 is 2.81 bits per heavy atom. The third-order valence-electron chi connectivity index (χ3n) is 3.45. The summed E-state index contributed by atoms with van der Waals surface area (Å²) in [7, 11) is -3.59. The van der Waals surface area contributed by atoms with Gasteiger partial charge in [-0.15, -0.1) is 0 Å². The molecule has 1 saturated heterocycles. The van der Waals surface area contributed by atoms with E-state index in [0.29, 0.717) is 12.4 Å². The highest BCUT2D eigenvalue weighted by Gasteiger charge is 2.34. The van der Waals surface area contributed by atoms with Gasteiger partial charge in [-0.25, -0.2) is 23.5 Å². The average Bonchev–Trinajstić information content (AvgIpc) is 2.76. The molecule has 8 heteroatoms. The predicted molar refractivity (Wildman–Crippen MR) is 78.0 cm³/mol. The van der Waals surface area contributed by atoms with Gasteiger partial charge in [0.2, 0.25) is 15.9 Å². The molecule has 1 aromatic heterocycles. The van der Waals surface area contributed by atoms with Gasteiger partial charge in [0, 0.05) is 24.3 Å². The highest BCUT2D eigenvalue weighted by molar-refractivity contribution is 7.89. The number of hydrogen-bond acceptors (Lipinski definition) is 5. The molecule has 3 rings (SSSR count). The number of hydrogen-bond donors (Lipinski definition) is 1. The fraction of sp³-hybridized carbons (Fsp3) is 0.308. The monoisotopic (exact) mass is 306 g/mol. The molecular weight excluding hydrogens is 292 g/mol. The number of carbonyl (C=O) groups excluding carboxylic acids is 1. The van der Waals surface area contributed by atoms with Crippen molar-refractivity contribution in [3.05, 3.63) is 30.6 Å².